The predicted molar refractivity (Wildman–Crippen MR) is 270 cm³/mol. The largest absolute Gasteiger partial charge is 0.324 e. The van der Waals surface area contributed by atoms with Gasteiger partial charge in [0.05, 0.1) is 46.0 Å². The van der Waals surface area contributed by atoms with E-state index in [1.807, 2.05) is 26.3 Å². The van der Waals surface area contributed by atoms with E-state index in [1.165, 1.54) is 28.3 Å². The molecule has 2 aliphatic carbocycles. The number of aromatic nitrogens is 3. The zero-order chi connectivity index (χ0) is 44.4. The summed E-state index contributed by atoms with van der Waals surface area (Å²) in [6.45, 7) is 11.0. The van der Waals surface area contributed by atoms with Crippen LogP contribution in [0.3, 0.4) is 0 Å². The molecule has 0 spiro atoms. The summed E-state index contributed by atoms with van der Waals surface area (Å²) in [6, 6.07) is 36.7. The van der Waals surface area contributed by atoms with Gasteiger partial charge in [0.25, 0.3) is 0 Å². The van der Waals surface area contributed by atoms with Crippen molar-refractivity contribution in [1.82, 2.24) is 19.9 Å². The molecular weight excluding hydrogens is 799 g/mol. The van der Waals surface area contributed by atoms with Crippen LogP contribution >= 0.6 is 0 Å². The van der Waals surface area contributed by atoms with Crippen molar-refractivity contribution in [3.05, 3.63) is 185 Å². The van der Waals surface area contributed by atoms with E-state index in [9.17, 15) is 0 Å². The normalized spacial score (nSPS) is 18.8. The first-order valence-electron chi connectivity index (χ1n) is 22.4. The number of para-hydroxylation sites is 2. The molecule has 318 valence electrons. The molecule has 0 bridgehead atoms. The second-order valence-electron chi connectivity index (χ2n) is 17.7. The minimum Gasteiger partial charge on any atom is -0.324 e. The highest BCUT2D eigenvalue weighted by Crippen LogP contribution is 2.53. The smallest absolute Gasteiger partial charge is 0.235 e. The highest BCUT2D eigenvalue weighted by molar-refractivity contribution is 6.16. The van der Waals surface area contributed by atoms with Gasteiger partial charge in [-0.05, 0) is 102 Å². The van der Waals surface area contributed by atoms with Gasteiger partial charge in [-0.1, -0.05) is 123 Å². The van der Waals surface area contributed by atoms with Crippen molar-refractivity contribution < 1.29 is 0 Å². The van der Waals surface area contributed by atoms with Crippen LogP contribution in [-0.4, -0.2) is 45.7 Å². The van der Waals surface area contributed by atoms with E-state index in [0.717, 1.165) is 84.5 Å². The Morgan fingerprint density at radius 2 is 1.65 bits per heavy atom. The Morgan fingerprint density at radius 1 is 0.831 bits per heavy atom. The maximum Gasteiger partial charge on any atom is 0.235 e. The monoisotopic (exact) mass is 847 g/mol. The maximum absolute atomic E-state index is 7.69. The van der Waals surface area contributed by atoms with E-state index in [1.54, 1.807) is 0 Å². The van der Waals surface area contributed by atoms with E-state index in [4.69, 9.17) is 25.4 Å². The molecule has 0 radical (unpaired) electrons. The molecule has 2 N–H and O–H groups in total. The van der Waals surface area contributed by atoms with Crippen LogP contribution < -0.4 is 10.2 Å². The van der Waals surface area contributed by atoms with Crippen molar-refractivity contribution >= 4 is 85.8 Å². The van der Waals surface area contributed by atoms with E-state index >= 15 is 0 Å². The molecule has 9 heteroatoms. The lowest BCUT2D eigenvalue weighted by Gasteiger charge is -2.41. The molecule has 11 rings (SSSR count). The zero-order valence-corrected chi connectivity index (χ0v) is 37.2. The van der Waals surface area contributed by atoms with Crippen LogP contribution in [0.1, 0.15) is 68.2 Å². The molecule has 4 heterocycles. The lowest BCUT2D eigenvalue weighted by atomic mass is 9.73. The molecule has 0 amide bonds. The number of nitrogens with one attached hydrogen (secondary N) is 2. The third-order valence-electron chi connectivity index (χ3n) is 13.5. The summed E-state index contributed by atoms with van der Waals surface area (Å²) >= 11 is 0. The highest BCUT2D eigenvalue weighted by atomic mass is 15.3. The average molecular weight is 848 g/mol. The topological polar surface area (TPSA) is 107 Å². The summed E-state index contributed by atoms with van der Waals surface area (Å²) in [5.41, 5.74) is 14.0. The molecule has 0 saturated heterocycles. The Morgan fingerprint density at radius 3 is 2.51 bits per heavy atom. The Hall–Kier alpha value is -7.78. The maximum atomic E-state index is 7.69. The molecule has 0 saturated carbocycles. The van der Waals surface area contributed by atoms with Crippen molar-refractivity contribution in [2.45, 2.75) is 52.5 Å². The van der Waals surface area contributed by atoms with Crippen LogP contribution in [0.15, 0.2) is 171 Å². The highest BCUT2D eigenvalue weighted by Gasteiger charge is 2.39. The minimum atomic E-state index is -0.363. The number of hydrogen-bond acceptors (Lipinski definition) is 8. The van der Waals surface area contributed by atoms with Gasteiger partial charge in [-0.2, -0.15) is 0 Å². The van der Waals surface area contributed by atoms with Crippen LogP contribution in [0.5, 0.6) is 0 Å². The first-order chi connectivity index (χ1) is 31.7. The number of aliphatic imine (C=N–C) groups is 3. The standard InChI is InChI=1S/C56H49N9/c1-6-59-52-35(3)60-54(63-53(52)41-26-24-37-16-8-10-18-39(37)30-41)65-48-22-14-12-20-44(48)56(4,5)45-31-43-42-19-11-13-21-47(42)64(49(43)32-50(45)65)55-61-46(33-58-28-27-57)34(2)51(62-55)40-25-23-36-15-7-9-17-38(36)29-40/h6-27,29,31-33,39,51,57H,28,30H2,1-5H3,(H,61,62). The van der Waals surface area contributed by atoms with Gasteiger partial charge in [0.1, 0.15) is 11.7 Å². The zero-order valence-electron chi connectivity index (χ0n) is 37.2. The number of nitrogens with zero attached hydrogens (tertiary/aromatic N) is 7. The number of aryl methyl sites for hydroxylation is 1. The lowest BCUT2D eigenvalue weighted by Crippen LogP contribution is -2.35. The molecule has 2 atom stereocenters. The summed E-state index contributed by atoms with van der Waals surface area (Å²) in [4.78, 5) is 28.2. The number of rotatable bonds is 7. The fraction of sp³-hybridized carbons (Fsp3) is 0.179. The summed E-state index contributed by atoms with van der Waals surface area (Å²) in [5.74, 6) is 1.57. The second-order valence-corrected chi connectivity index (χ2v) is 17.7. The van der Waals surface area contributed by atoms with Crippen molar-refractivity contribution in [2.24, 2.45) is 20.9 Å². The lowest BCUT2D eigenvalue weighted by molar-refractivity contribution is 0.631. The Balaban J connectivity index is 1.15. The van der Waals surface area contributed by atoms with Crippen LogP contribution in [0.4, 0.5) is 23.0 Å². The number of benzene rings is 5. The summed E-state index contributed by atoms with van der Waals surface area (Å²) in [6.07, 6.45) is 19.0. The van der Waals surface area contributed by atoms with Crippen LogP contribution in [-0.2, 0) is 5.41 Å². The van der Waals surface area contributed by atoms with Crippen molar-refractivity contribution in [3.63, 3.8) is 0 Å². The average Bonchev–Trinajstić information content (AvgIpc) is 3.65. The fourth-order valence-corrected chi connectivity index (χ4v) is 10.2. The predicted octanol–water partition coefficient (Wildman–Crippen LogP) is 12.9. The van der Waals surface area contributed by atoms with Crippen LogP contribution in [0, 0.1) is 18.3 Å². The first kappa shape index (κ1) is 40.0. The first-order valence-corrected chi connectivity index (χ1v) is 22.4. The molecule has 5 aromatic carbocycles. The SMILES string of the molecule is CC=Nc1c(C)nc(N2c3ccccc3C(C)(C)c3cc4c5ccccc5n(C5=NC(c6ccc7ccccc7c6)C(C)=C(C=NCC=N)N5)c4cc32)nc1C1=CC=C2C=CC=CC2C1. The van der Waals surface area contributed by atoms with Gasteiger partial charge >= 0.3 is 0 Å². The van der Waals surface area contributed by atoms with Gasteiger partial charge in [0.15, 0.2) is 0 Å². The summed E-state index contributed by atoms with van der Waals surface area (Å²) in [5, 5.41) is 16.0. The molecule has 2 aliphatic heterocycles. The van der Waals surface area contributed by atoms with E-state index < -0.39 is 0 Å². The van der Waals surface area contributed by atoms with Gasteiger partial charge in [0.2, 0.25) is 11.9 Å². The fourth-order valence-electron chi connectivity index (χ4n) is 10.2. The van der Waals surface area contributed by atoms with Crippen molar-refractivity contribution in [1.29, 1.82) is 5.41 Å². The molecular formula is C56H49N9. The number of allylic oxidation sites excluding steroid dienone is 9. The van der Waals surface area contributed by atoms with E-state index in [2.05, 4.69) is 180 Å². The minimum absolute atomic E-state index is 0.281. The third kappa shape index (κ3) is 6.60. The van der Waals surface area contributed by atoms with Crippen LogP contribution in [0.25, 0.3) is 38.2 Å². The molecule has 7 aromatic rings. The Labute approximate surface area is 378 Å². The quantitative estimate of drug-likeness (QED) is 0.156. The van der Waals surface area contributed by atoms with Gasteiger partial charge in [0, 0.05) is 40.7 Å². The molecule has 2 unspecified atom stereocenters. The van der Waals surface area contributed by atoms with Gasteiger partial charge in [-0.15, -0.1) is 0 Å². The Bertz CT molecular complexity index is 3400. The summed E-state index contributed by atoms with van der Waals surface area (Å²) < 4.78 is 2.26. The molecule has 65 heavy (non-hydrogen) atoms. The molecule has 4 aliphatic rings. The van der Waals surface area contributed by atoms with Gasteiger partial charge in [-0.25, -0.2) is 15.0 Å². The number of hydrogen-bond donors (Lipinski definition) is 2. The summed E-state index contributed by atoms with van der Waals surface area (Å²) in [7, 11) is 0. The Kier molecular flexibility index (Phi) is 9.72. The molecule has 2 aromatic heterocycles. The number of anilines is 3. The van der Waals surface area contributed by atoms with E-state index in [0.29, 0.717) is 18.5 Å². The second kappa shape index (κ2) is 15.8. The molecule has 9 nitrogen and oxygen atoms in total. The van der Waals surface area contributed by atoms with E-state index in [-0.39, 0.29) is 17.4 Å². The van der Waals surface area contributed by atoms with Crippen LogP contribution in [0.2, 0.25) is 0 Å². The number of fused-ring (bicyclic) bond motifs is 7. The van der Waals surface area contributed by atoms with Crippen molar-refractivity contribution in [2.75, 3.05) is 11.4 Å². The van der Waals surface area contributed by atoms with Gasteiger partial charge in [-0.3, -0.25) is 19.5 Å². The van der Waals surface area contributed by atoms with Crippen molar-refractivity contribution in [3.8, 4) is 0 Å². The molecule has 0 fully saturated rings. The van der Waals surface area contributed by atoms with Gasteiger partial charge < -0.3 is 10.7 Å². The third-order valence-corrected chi connectivity index (χ3v) is 13.5.